The van der Waals surface area contributed by atoms with Crippen molar-refractivity contribution in [2.75, 3.05) is 6.61 Å². The molecule has 1 fully saturated rings. The van der Waals surface area contributed by atoms with E-state index >= 15 is 0 Å². The first kappa shape index (κ1) is 19.2. The normalized spacial score (nSPS) is 19.5. The summed E-state index contributed by atoms with van der Waals surface area (Å²) in [5.41, 5.74) is 1.56. The fourth-order valence-corrected chi connectivity index (χ4v) is 2.59. The van der Waals surface area contributed by atoms with Gasteiger partial charge in [-0.3, -0.25) is 15.0 Å². The largest absolute Gasteiger partial charge is 0.452 e. The SMILES string of the molecule is CC/C=C/C(=O)OCC(=O)NN1C(=O)N[C@](CC)(c2ccccc2)C1=O. The Morgan fingerprint density at radius 1 is 1.23 bits per heavy atom. The number of ether oxygens (including phenoxy) is 1. The Balaban J connectivity index is 2.06. The molecular formula is C18H21N3O5. The lowest BCUT2D eigenvalue weighted by Gasteiger charge is -2.25. The number of hydrazine groups is 1. The Morgan fingerprint density at radius 3 is 2.54 bits per heavy atom. The Hall–Kier alpha value is -3.16. The second-order valence-corrected chi connectivity index (χ2v) is 5.65. The fraction of sp³-hybridized carbons (Fsp3) is 0.333. The van der Waals surface area contributed by atoms with Crippen LogP contribution in [0.5, 0.6) is 0 Å². The van der Waals surface area contributed by atoms with Crippen LogP contribution in [0, 0.1) is 0 Å². The zero-order valence-electron chi connectivity index (χ0n) is 14.7. The minimum absolute atomic E-state index is 0.310. The van der Waals surface area contributed by atoms with Crippen molar-refractivity contribution in [3.05, 3.63) is 48.0 Å². The lowest BCUT2D eigenvalue weighted by atomic mass is 9.87. The highest BCUT2D eigenvalue weighted by atomic mass is 16.5. The Bertz CT molecular complexity index is 732. The predicted octanol–water partition coefficient (Wildman–Crippen LogP) is 1.38. The smallest absolute Gasteiger partial charge is 0.344 e. The summed E-state index contributed by atoms with van der Waals surface area (Å²) < 4.78 is 4.74. The maximum absolute atomic E-state index is 12.8. The molecule has 1 heterocycles. The van der Waals surface area contributed by atoms with E-state index in [1.54, 1.807) is 43.3 Å². The molecular weight excluding hydrogens is 338 g/mol. The van der Waals surface area contributed by atoms with E-state index in [2.05, 4.69) is 10.7 Å². The number of rotatable bonds is 7. The van der Waals surface area contributed by atoms with Crippen LogP contribution >= 0.6 is 0 Å². The number of carbonyl (C=O) groups is 4. The molecule has 1 atom stereocenters. The van der Waals surface area contributed by atoms with E-state index in [0.29, 0.717) is 23.4 Å². The van der Waals surface area contributed by atoms with Crippen LogP contribution in [-0.2, 0) is 24.7 Å². The number of nitrogens with zero attached hydrogens (tertiary/aromatic N) is 1. The minimum Gasteiger partial charge on any atom is -0.452 e. The topological polar surface area (TPSA) is 105 Å². The molecule has 0 aromatic heterocycles. The molecule has 8 nitrogen and oxygen atoms in total. The number of benzene rings is 1. The molecule has 2 rings (SSSR count). The van der Waals surface area contributed by atoms with Crippen molar-refractivity contribution in [1.29, 1.82) is 0 Å². The summed E-state index contributed by atoms with van der Waals surface area (Å²) in [6, 6.07) is 8.04. The van der Waals surface area contributed by atoms with E-state index < -0.39 is 36.0 Å². The summed E-state index contributed by atoms with van der Waals surface area (Å²) in [4.78, 5) is 48.3. The molecule has 1 aliphatic rings. The number of amides is 4. The second kappa shape index (κ2) is 8.28. The minimum atomic E-state index is -1.24. The molecule has 1 saturated heterocycles. The molecule has 0 saturated carbocycles. The van der Waals surface area contributed by atoms with Crippen molar-refractivity contribution >= 4 is 23.8 Å². The number of nitrogens with one attached hydrogen (secondary N) is 2. The lowest BCUT2D eigenvalue weighted by Crippen LogP contribution is -2.49. The highest BCUT2D eigenvalue weighted by Gasteiger charge is 2.52. The van der Waals surface area contributed by atoms with Crippen LogP contribution in [0.15, 0.2) is 42.5 Å². The molecule has 0 radical (unpaired) electrons. The van der Waals surface area contributed by atoms with Crippen LogP contribution in [0.4, 0.5) is 4.79 Å². The van der Waals surface area contributed by atoms with Crippen LogP contribution in [0.2, 0.25) is 0 Å². The second-order valence-electron chi connectivity index (χ2n) is 5.65. The van der Waals surface area contributed by atoms with Gasteiger partial charge in [0.2, 0.25) is 0 Å². The van der Waals surface area contributed by atoms with Crippen LogP contribution in [0.25, 0.3) is 0 Å². The molecule has 2 N–H and O–H groups in total. The van der Waals surface area contributed by atoms with Gasteiger partial charge in [0.15, 0.2) is 6.61 Å². The third-order valence-corrected chi connectivity index (χ3v) is 3.96. The van der Waals surface area contributed by atoms with Crippen molar-refractivity contribution in [2.24, 2.45) is 0 Å². The molecule has 8 heteroatoms. The molecule has 26 heavy (non-hydrogen) atoms. The van der Waals surface area contributed by atoms with E-state index in [9.17, 15) is 19.2 Å². The zero-order valence-corrected chi connectivity index (χ0v) is 14.7. The van der Waals surface area contributed by atoms with Crippen molar-refractivity contribution < 1.29 is 23.9 Å². The standard InChI is InChI=1S/C18H21N3O5/c1-3-5-11-15(23)26-12-14(22)20-21-16(24)18(4-2,19-17(21)25)13-9-7-6-8-10-13/h5-11H,3-4,12H2,1-2H3,(H,19,25)(H,20,22)/b11-5+/t18-/m1/s1. The first-order chi connectivity index (χ1) is 12.4. The third kappa shape index (κ3) is 3.90. The van der Waals surface area contributed by atoms with Crippen molar-refractivity contribution in [3.8, 4) is 0 Å². The number of imide groups is 1. The molecule has 1 aliphatic heterocycles. The molecule has 0 spiro atoms. The quantitative estimate of drug-likeness (QED) is 0.435. The first-order valence-corrected chi connectivity index (χ1v) is 8.29. The first-order valence-electron chi connectivity index (χ1n) is 8.29. The number of urea groups is 1. The van der Waals surface area contributed by atoms with Gasteiger partial charge in [-0.05, 0) is 18.4 Å². The zero-order chi connectivity index (χ0) is 19.2. The van der Waals surface area contributed by atoms with Crippen LogP contribution < -0.4 is 10.7 Å². The highest BCUT2D eigenvalue weighted by Crippen LogP contribution is 2.31. The van der Waals surface area contributed by atoms with Crippen LogP contribution in [0.1, 0.15) is 32.3 Å². The maximum atomic E-state index is 12.8. The summed E-state index contributed by atoms with van der Waals surface area (Å²) in [6.07, 6.45) is 3.76. The van der Waals surface area contributed by atoms with Crippen molar-refractivity contribution in [1.82, 2.24) is 15.8 Å². The molecule has 0 unspecified atom stereocenters. The monoisotopic (exact) mass is 359 g/mol. The molecule has 138 valence electrons. The van der Waals surface area contributed by atoms with Gasteiger partial charge in [-0.15, -0.1) is 0 Å². The van der Waals surface area contributed by atoms with Crippen LogP contribution in [0.3, 0.4) is 0 Å². The van der Waals surface area contributed by atoms with Gasteiger partial charge < -0.3 is 10.1 Å². The van der Waals surface area contributed by atoms with E-state index in [1.807, 2.05) is 6.92 Å². The van der Waals surface area contributed by atoms with Crippen LogP contribution in [-0.4, -0.2) is 35.4 Å². The van der Waals surface area contributed by atoms with Crippen molar-refractivity contribution in [2.45, 2.75) is 32.2 Å². The summed E-state index contributed by atoms with van der Waals surface area (Å²) >= 11 is 0. The van der Waals surface area contributed by atoms with E-state index in [4.69, 9.17) is 4.74 Å². The molecule has 4 amide bonds. The maximum Gasteiger partial charge on any atom is 0.344 e. The van der Waals surface area contributed by atoms with E-state index in [-0.39, 0.29) is 0 Å². The van der Waals surface area contributed by atoms with Gasteiger partial charge >= 0.3 is 12.0 Å². The predicted molar refractivity (Wildman–Crippen MR) is 92.3 cm³/mol. The summed E-state index contributed by atoms with van der Waals surface area (Å²) in [5, 5.41) is 3.25. The Labute approximate surface area is 151 Å². The van der Waals surface area contributed by atoms with E-state index in [1.165, 1.54) is 6.08 Å². The third-order valence-electron chi connectivity index (χ3n) is 3.96. The number of hydrogen-bond acceptors (Lipinski definition) is 5. The molecule has 1 aromatic carbocycles. The van der Waals surface area contributed by atoms with Gasteiger partial charge in [0.1, 0.15) is 5.54 Å². The number of esters is 1. The highest BCUT2D eigenvalue weighted by molar-refractivity contribution is 6.08. The van der Waals surface area contributed by atoms with Gasteiger partial charge in [-0.2, -0.15) is 5.01 Å². The number of allylic oxidation sites excluding steroid dienone is 1. The van der Waals surface area contributed by atoms with Gasteiger partial charge in [-0.1, -0.05) is 50.3 Å². The van der Waals surface area contributed by atoms with Gasteiger partial charge in [0.25, 0.3) is 11.8 Å². The summed E-state index contributed by atoms with van der Waals surface area (Å²) in [7, 11) is 0. The summed E-state index contributed by atoms with van der Waals surface area (Å²) in [5.74, 6) is -2.06. The average Bonchev–Trinajstić information content (AvgIpc) is 2.90. The Morgan fingerprint density at radius 2 is 1.92 bits per heavy atom. The van der Waals surface area contributed by atoms with Gasteiger partial charge in [0, 0.05) is 6.08 Å². The average molecular weight is 359 g/mol. The lowest BCUT2D eigenvalue weighted by molar-refractivity contribution is -0.147. The van der Waals surface area contributed by atoms with Gasteiger partial charge in [0.05, 0.1) is 0 Å². The Kier molecular flexibility index (Phi) is 6.11. The molecule has 0 bridgehead atoms. The van der Waals surface area contributed by atoms with Crippen molar-refractivity contribution in [3.63, 3.8) is 0 Å². The summed E-state index contributed by atoms with van der Waals surface area (Å²) in [6.45, 7) is 3.01. The van der Waals surface area contributed by atoms with E-state index in [0.717, 1.165) is 0 Å². The molecule has 1 aromatic rings. The number of carbonyl (C=O) groups excluding carboxylic acids is 4. The fourth-order valence-electron chi connectivity index (χ4n) is 2.59. The van der Waals surface area contributed by atoms with Gasteiger partial charge in [-0.25, -0.2) is 9.59 Å². The number of hydrogen-bond donors (Lipinski definition) is 2. The molecule has 0 aliphatic carbocycles.